The summed E-state index contributed by atoms with van der Waals surface area (Å²) in [5, 5.41) is 8.13. The molecule has 2 aromatic rings. The van der Waals surface area contributed by atoms with Crippen molar-refractivity contribution in [2.45, 2.75) is 4.90 Å². The average molecular weight is 448 g/mol. The maximum atomic E-state index is 11.1. The van der Waals surface area contributed by atoms with Gasteiger partial charge in [0.05, 0.1) is 4.90 Å². The maximum Gasteiger partial charge on any atom is 0.238 e. The standard InChI is InChI=1S/C12H11N2O2S.Hg/c13-17(15,16)12-8-6-11(7-9-12)14-10-4-2-1-3-5-10;/h2-9,14H,(H2,13,15,16);. The predicted molar refractivity (Wildman–Crippen MR) is 66.4 cm³/mol. The SMILES string of the molecule is NS(=O)(=O)c1ccc(Nc2cc[c]cc2)cc1.[Hg]. The third-order valence-corrected chi connectivity index (χ3v) is 3.12. The molecule has 4 nitrogen and oxygen atoms in total. The Morgan fingerprint density at radius 2 is 1.44 bits per heavy atom. The molecule has 6 heteroatoms. The van der Waals surface area contributed by atoms with Gasteiger partial charge in [0, 0.05) is 39.0 Å². The summed E-state index contributed by atoms with van der Waals surface area (Å²) >= 11 is 0. The van der Waals surface area contributed by atoms with Crippen LogP contribution >= 0.6 is 0 Å². The topological polar surface area (TPSA) is 72.2 Å². The summed E-state index contributed by atoms with van der Waals surface area (Å²) in [6.07, 6.45) is 0. The quantitative estimate of drug-likeness (QED) is 0.706. The van der Waals surface area contributed by atoms with Crippen molar-refractivity contribution in [1.29, 1.82) is 0 Å². The first-order valence-corrected chi connectivity index (χ1v) is 6.46. The third kappa shape index (κ3) is 4.08. The molecule has 0 aliphatic heterocycles. The van der Waals surface area contributed by atoms with Crippen LogP contribution in [0, 0.1) is 6.07 Å². The summed E-state index contributed by atoms with van der Waals surface area (Å²) in [6, 6.07) is 16.5. The fraction of sp³-hybridized carbons (Fsp3) is 0. The van der Waals surface area contributed by atoms with E-state index < -0.39 is 10.0 Å². The van der Waals surface area contributed by atoms with E-state index in [-0.39, 0.29) is 32.6 Å². The molecule has 0 spiro atoms. The van der Waals surface area contributed by atoms with Gasteiger partial charge in [-0.25, -0.2) is 13.6 Å². The molecule has 0 saturated carbocycles. The molecule has 0 heterocycles. The molecule has 0 amide bonds. The van der Waals surface area contributed by atoms with Gasteiger partial charge in [-0.1, -0.05) is 12.1 Å². The number of rotatable bonds is 3. The average Bonchev–Trinajstić information content (AvgIpc) is 2.30. The fourth-order valence-electron chi connectivity index (χ4n) is 1.36. The summed E-state index contributed by atoms with van der Waals surface area (Å²) in [5.41, 5.74) is 1.70. The molecule has 0 fully saturated rings. The van der Waals surface area contributed by atoms with E-state index in [9.17, 15) is 8.42 Å². The zero-order chi connectivity index (χ0) is 12.3. The second-order valence-electron chi connectivity index (χ2n) is 3.48. The van der Waals surface area contributed by atoms with Gasteiger partial charge in [0.15, 0.2) is 0 Å². The van der Waals surface area contributed by atoms with Crippen molar-refractivity contribution in [1.82, 2.24) is 0 Å². The minimum Gasteiger partial charge on any atom is -0.356 e. The third-order valence-electron chi connectivity index (χ3n) is 2.19. The second kappa shape index (κ2) is 6.31. The van der Waals surface area contributed by atoms with Crippen molar-refractivity contribution in [2.75, 3.05) is 5.32 Å². The molecule has 2 aromatic carbocycles. The first-order chi connectivity index (χ1) is 8.05. The van der Waals surface area contributed by atoms with Gasteiger partial charge in [-0.2, -0.15) is 0 Å². The van der Waals surface area contributed by atoms with Gasteiger partial charge in [-0.3, -0.25) is 0 Å². The van der Waals surface area contributed by atoms with Gasteiger partial charge < -0.3 is 5.32 Å². The summed E-state index contributed by atoms with van der Waals surface area (Å²) < 4.78 is 22.1. The second-order valence-corrected chi connectivity index (χ2v) is 5.04. The van der Waals surface area contributed by atoms with Crippen molar-refractivity contribution in [3.05, 3.63) is 54.6 Å². The number of benzene rings is 2. The monoisotopic (exact) mass is 449 g/mol. The molecular formula is C12H11HgN2O2S. The zero-order valence-corrected chi connectivity index (χ0v) is 15.9. The molecular weight excluding hydrogens is 437 g/mol. The molecule has 0 aromatic heterocycles. The minimum atomic E-state index is -3.63. The van der Waals surface area contributed by atoms with Crippen LogP contribution in [0.5, 0.6) is 0 Å². The molecule has 89 valence electrons. The van der Waals surface area contributed by atoms with Crippen molar-refractivity contribution in [3.63, 3.8) is 0 Å². The Kier molecular flexibility index (Phi) is 5.31. The summed E-state index contributed by atoms with van der Waals surface area (Å²) in [5.74, 6) is 0. The van der Waals surface area contributed by atoms with Crippen molar-refractivity contribution < 1.29 is 36.1 Å². The Balaban J connectivity index is 0.00000162. The van der Waals surface area contributed by atoms with E-state index in [0.29, 0.717) is 0 Å². The van der Waals surface area contributed by atoms with E-state index in [1.54, 1.807) is 24.3 Å². The Bertz CT molecular complexity index is 598. The van der Waals surface area contributed by atoms with E-state index in [1.165, 1.54) is 12.1 Å². The van der Waals surface area contributed by atoms with E-state index in [4.69, 9.17) is 5.14 Å². The van der Waals surface area contributed by atoms with Crippen LogP contribution in [0.3, 0.4) is 0 Å². The van der Waals surface area contributed by atoms with Gasteiger partial charge in [0.25, 0.3) is 0 Å². The van der Waals surface area contributed by atoms with Crippen LogP contribution in [-0.2, 0) is 37.7 Å². The molecule has 1 radical (unpaired) electrons. The molecule has 0 bridgehead atoms. The first-order valence-electron chi connectivity index (χ1n) is 4.92. The first kappa shape index (κ1) is 15.1. The van der Waals surface area contributed by atoms with E-state index in [2.05, 4.69) is 11.4 Å². The van der Waals surface area contributed by atoms with Gasteiger partial charge >= 0.3 is 0 Å². The summed E-state index contributed by atoms with van der Waals surface area (Å²) in [6.45, 7) is 0. The van der Waals surface area contributed by atoms with Crippen molar-refractivity contribution in [2.24, 2.45) is 5.14 Å². The molecule has 0 unspecified atom stereocenters. The number of primary sulfonamides is 1. The Hall–Kier alpha value is -0.915. The normalized spacial score (nSPS) is 10.5. The van der Waals surface area contributed by atoms with Crippen molar-refractivity contribution in [3.8, 4) is 0 Å². The van der Waals surface area contributed by atoms with Gasteiger partial charge in [-0.15, -0.1) is 0 Å². The number of sulfonamides is 1. The minimum absolute atomic E-state index is 0. The van der Waals surface area contributed by atoms with Crippen LogP contribution in [-0.4, -0.2) is 8.42 Å². The molecule has 18 heavy (non-hydrogen) atoms. The molecule has 0 aliphatic rings. The number of nitrogens with one attached hydrogen (secondary N) is 1. The van der Waals surface area contributed by atoms with Gasteiger partial charge in [0.2, 0.25) is 10.0 Å². The zero-order valence-electron chi connectivity index (χ0n) is 9.63. The van der Waals surface area contributed by atoms with Crippen LogP contribution in [0.4, 0.5) is 11.4 Å². The number of nitrogens with two attached hydrogens (primary N) is 1. The summed E-state index contributed by atoms with van der Waals surface area (Å²) in [7, 11) is -3.63. The number of hydrogen-bond donors (Lipinski definition) is 2. The smallest absolute Gasteiger partial charge is 0.238 e. The van der Waals surface area contributed by atoms with Crippen LogP contribution < -0.4 is 10.5 Å². The fourth-order valence-corrected chi connectivity index (χ4v) is 1.88. The van der Waals surface area contributed by atoms with E-state index in [0.717, 1.165) is 11.4 Å². The van der Waals surface area contributed by atoms with Crippen LogP contribution in [0.1, 0.15) is 0 Å². The molecule has 0 atom stereocenters. The molecule has 0 saturated heterocycles. The van der Waals surface area contributed by atoms with Gasteiger partial charge in [-0.05, 0) is 42.5 Å². The van der Waals surface area contributed by atoms with Crippen LogP contribution in [0.15, 0.2) is 53.4 Å². The summed E-state index contributed by atoms with van der Waals surface area (Å²) in [4.78, 5) is 0.101. The maximum absolute atomic E-state index is 11.1. The Morgan fingerprint density at radius 3 is 1.94 bits per heavy atom. The predicted octanol–water partition coefficient (Wildman–Crippen LogP) is 1.88. The Morgan fingerprint density at radius 1 is 0.944 bits per heavy atom. The Labute approximate surface area is 127 Å². The van der Waals surface area contributed by atoms with Gasteiger partial charge in [0.1, 0.15) is 0 Å². The van der Waals surface area contributed by atoms with E-state index in [1.807, 2.05) is 12.1 Å². The van der Waals surface area contributed by atoms with Crippen LogP contribution in [0.25, 0.3) is 0 Å². The molecule has 3 N–H and O–H groups in total. The van der Waals surface area contributed by atoms with Crippen LogP contribution in [0.2, 0.25) is 0 Å². The molecule has 0 aliphatic carbocycles. The van der Waals surface area contributed by atoms with Crippen molar-refractivity contribution >= 4 is 21.4 Å². The molecule has 2 rings (SSSR count). The number of hydrogen-bond acceptors (Lipinski definition) is 3. The number of anilines is 2. The van der Waals surface area contributed by atoms with E-state index >= 15 is 0 Å². The largest absolute Gasteiger partial charge is 0.356 e.